The van der Waals surface area contributed by atoms with Gasteiger partial charge in [0.15, 0.2) is 0 Å². The summed E-state index contributed by atoms with van der Waals surface area (Å²) in [5.41, 5.74) is 0. The van der Waals surface area contributed by atoms with Crippen LogP contribution in [0.25, 0.3) is 0 Å². The molecule has 0 spiro atoms. The van der Waals surface area contributed by atoms with E-state index in [1.165, 1.54) is 102 Å². The number of unbranched alkanes of at least 4 members (excludes halogenated alkanes) is 20. The molecule has 0 aromatic rings. The van der Waals surface area contributed by atoms with Gasteiger partial charge in [-0.05, 0) is 44.9 Å². The Bertz CT molecular complexity index is 1160. The number of allylic oxidation sites excluding steroid dienone is 5. The minimum Gasteiger partial charge on any atom is -0.393 e. The van der Waals surface area contributed by atoms with Crippen molar-refractivity contribution in [3.8, 4) is 0 Å². The molecule has 0 bridgehead atoms. The van der Waals surface area contributed by atoms with Gasteiger partial charge < -0.3 is 46.0 Å². The van der Waals surface area contributed by atoms with E-state index in [1.807, 2.05) is 0 Å². The van der Waals surface area contributed by atoms with E-state index in [0.29, 0.717) is 19.3 Å². The summed E-state index contributed by atoms with van der Waals surface area (Å²) in [4.78, 5) is 23.4. The third kappa shape index (κ3) is 27.2. The van der Waals surface area contributed by atoms with E-state index in [2.05, 4.69) is 43.5 Å². The van der Waals surface area contributed by atoms with Crippen LogP contribution in [0.1, 0.15) is 181 Å². The van der Waals surface area contributed by atoms with Crippen LogP contribution >= 0.6 is 7.82 Å². The fourth-order valence-electron chi connectivity index (χ4n) is 7.15. The standard InChI is InChI=1S/C45H84NO12P/c1-3-5-7-9-11-13-15-16-17-18-19-20-21-22-23-25-27-29-31-33-38(48)37(35-57-59(55,56)58-45-43(53)41(51)40(50)42(52)44(45)54)46-39(49)34-36(47)32-30-28-26-24-14-12-10-8-6-4-2/h19-20,23,25,31,33,36-38,40-45,47-48,50-54H,3-18,21-22,24,26-30,32,34-35H2,1-2H3,(H,46,49)(H,55,56)/b20-19+,25-23+,33-31+. The number of carbonyl (C=O) groups excluding carboxylic acids is 1. The van der Waals surface area contributed by atoms with Gasteiger partial charge in [0.25, 0.3) is 0 Å². The molecule has 9 N–H and O–H groups in total. The van der Waals surface area contributed by atoms with Gasteiger partial charge in [-0.1, -0.05) is 166 Å². The Kier molecular flexibility index (Phi) is 33.0. The molecule has 14 heteroatoms. The number of rotatable bonds is 37. The van der Waals surface area contributed by atoms with Gasteiger partial charge in [0.1, 0.15) is 36.6 Å². The average Bonchev–Trinajstić information content (AvgIpc) is 3.21. The number of phosphoric acid groups is 1. The van der Waals surface area contributed by atoms with Crippen LogP contribution in [0.15, 0.2) is 36.5 Å². The monoisotopic (exact) mass is 862 g/mol. The van der Waals surface area contributed by atoms with Crippen LogP contribution in [-0.4, -0.2) is 108 Å². The predicted octanol–water partition coefficient (Wildman–Crippen LogP) is 7.36. The van der Waals surface area contributed by atoms with Crippen molar-refractivity contribution in [1.29, 1.82) is 0 Å². The lowest BCUT2D eigenvalue weighted by Crippen LogP contribution is -2.64. The van der Waals surface area contributed by atoms with Crippen molar-refractivity contribution in [2.75, 3.05) is 6.61 Å². The second-order valence-corrected chi connectivity index (χ2v) is 17.8. The molecule has 13 nitrogen and oxygen atoms in total. The maximum atomic E-state index is 12.9. The first kappa shape index (κ1) is 55.5. The molecule has 0 aromatic heterocycles. The lowest BCUT2D eigenvalue weighted by atomic mass is 9.85. The second kappa shape index (κ2) is 35.0. The van der Waals surface area contributed by atoms with Crippen LogP contribution in [-0.2, 0) is 18.4 Å². The van der Waals surface area contributed by atoms with Gasteiger partial charge in [-0.15, -0.1) is 0 Å². The van der Waals surface area contributed by atoms with E-state index in [0.717, 1.165) is 44.9 Å². The van der Waals surface area contributed by atoms with E-state index in [4.69, 9.17) is 9.05 Å². The molecule has 0 saturated heterocycles. The van der Waals surface area contributed by atoms with Crippen LogP contribution < -0.4 is 5.32 Å². The van der Waals surface area contributed by atoms with Crippen LogP contribution in [0.5, 0.6) is 0 Å². The number of hydrogen-bond donors (Lipinski definition) is 9. The first-order valence-corrected chi connectivity index (χ1v) is 24.5. The SMILES string of the molecule is CCCCCCCCCCC/C=C/CC/C=C/CC/C=C/C(O)C(COP(=O)(O)OC1C(O)C(O)C(O)C(O)C1O)NC(=O)CC(O)CCCCCCCCCCCC. The molecule has 59 heavy (non-hydrogen) atoms. The first-order chi connectivity index (χ1) is 28.3. The molecule has 1 saturated carbocycles. The fraction of sp³-hybridized carbons (Fsp3) is 0.844. The fourth-order valence-corrected chi connectivity index (χ4v) is 8.12. The summed E-state index contributed by atoms with van der Waals surface area (Å²) in [6.07, 6.45) is 25.3. The average molecular weight is 862 g/mol. The topological polar surface area (TPSA) is 226 Å². The summed E-state index contributed by atoms with van der Waals surface area (Å²) in [6.45, 7) is 3.70. The highest BCUT2D eigenvalue weighted by atomic mass is 31.2. The first-order valence-electron chi connectivity index (χ1n) is 23.0. The van der Waals surface area contributed by atoms with Gasteiger partial charge in [0, 0.05) is 0 Å². The summed E-state index contributed by atoms with van der Waals surface area (Å²) in [5, 5.41) is 74.3. The Hall–Kier alpha value is -1.48. The Labute approximate surface area is 356 Å². The van der Waals surface area contributed by atoms with Crippen molar-refractivity contribution >= 4 is 13.7 Å². The van der Waals surface area contributed by atoms with E-state index in [1.54, 1.807) is 6.08 Å². The number of phosphoric ester groups is 1. The minimum absolute atomic E-state index is 0.255. The molecular formula is C45H84NO12P. The summed E-state index contributed by atoms with van der Waals surface area (Å²) >= 11 is 0. The highest BCUT2D eigenvalue weighted by molar-refractivity contribution is 7.47. The maximum Gasteiger partial charge on any atom is 0.472 e. The quantitative estimate of drug-likeness (QED) is 0.0170. The molecule has 8 unspecified atom stereocenters. The molecule has 1 rings (SSSR count). The molecule has 346 valence electrons. The van der Waals surface area contributed by atoms with Crippen LogP contribution in [0, 0.1) is 0 Å². The second-order valence-electron chi connectivity index (χ2n) is 16.4. The molecule has 1 aliphatic carbocycles. The number of aliphatic hydroxyl groups is 7. The zero-order chi connectivity index (χ0) is 43.7. The Balaban J connectivity index is 2.60. The van der Waals surface area contributed by atoms with E-state index >= 15 is 0 Å². The third-order valence-corrected chi connectivity index (χ3v) is 11.9. The molecule has 1 aliphatic rings. The summed E-state index contributed by atoms with van der Waals surface area (Å²) < 4.78 is 22.8. The molecule has 1 amide bonds. The van der Waals surface area contributed by atoms with Crippen molar-refractivity contribution in [2.45, 2.75) is 236 Å². The highest BCUT2D eigenvalue weighted by Gasteiger charge is 2.51. The molecule has 0 aromatic carbocycles. The molecule has 8 atom stereocenters. The van der Waals surface area contributed by atoms with Gasteiger partial charge in [-0.2, -0.15) is 0 Å². The third-order valence-electron chi connectivity index (χ3n) is 11.0. The Morgan fingerprint density at radius 2 is 1.00 bits per heavy atom. The molecule has 0 heterocycles. The van der Waals surface area contributed by atoms with Gasteiger partial charge >= 0.3 is 7.82 Å². The summed E-state index contributed by atoms with van der Waals surface area (Å²) in [7, 11) is -5.15. The van der Waals surface area contributed by atoms with Crippen LogP contribution in [0.4, 0.5) is 0 Å². The lowest BCUT2D eigenvalue weighted by molar-refractivity contribution is -0.220. The van der Waals surface area contributed by atoms with E-state index < -0.39 is 75.2 Å². The zero-order valence-corrected chi connectivity index (χ0v) is 37.3. The Morgan fingerprint density at radius 3 is 1.49 bits per heavy atom. The molecule has 0 aliphatic heterocycles. The highest BCUT2D eigenvalue weighted by Crippen LogP contribution is 2.47. The smallest absolute Gasteiger partial charge is 0.393 e. The number of hydrogen-bond acceptors (Lipinski definition) is 11. The number of amides is 1. The Morgan fingerprint density at radius 1 is 0.593 bits per heavy atom. The predicted molar refractivity (Wildman–Crippen MR) is 233 cm³/mol. The maximum absolute atomic E-state index is 12.9. The van der Waals surface area contributed by atoms with E-state index in [9.17, 15) is 50.0 Å². The largest absolute Gasteiger partial charge is 0.472 e. The van der Waals surface area contributed by atoms with Crippen molar-refractivity contribution in [2.24, 2.45) is 0 Å². The normalized spacial score (nSPS) is 23.9. The summed E-state index contributed by atoms with van der Waals surface area (Å²) in [5.74, 6) is -0.608. The van der Waals surface area contributed by atoms with Crippen molar-refractivity contribution in [3.63, 3.8) is 0 Å². The van der Waals surface area contributed by atoms with Crippen LogP contribution in [0.2, 0.25) is 0 Å². The van der Waals surface area contributed by atoms with Crippen LogP contribution in [0.3, 0.4) is 0 Å². The molecule has 1 fully saturated rings. The van der Waals surface area contributed by atoms with Gasteiger partial charge in [0.05, 0.1) is 31.3 Å². The van der Waals surface area contributed by atoms with Gasteiger partial charge in [0.2, 0.25) is 5.91 Å². The van der Waals surface area contributed by atoms with Gasteiger partial charge in [-0.25, -0.2) is 4.57 Å². The molecular weight excluding hydrogens is 777 g/mol. The zero-order valence-electron chi connectivity index (χ0n) is 36.4. The minimum atomic E-state index is -5.15. The van der Waals surface area contributed by atoms with Crippen molar-refractivity contribution < 1.29 is 59.0 Å². The lowest BCUT2D eigenvalue weighted by Gasteiger charge is -2.41. The van der Waals surface area contributed by atoms with E-state index in [-0.39, 0.29) is 6.42 Å². The van der Waals surface area contributed by atoms with Crippen molar-refractivity contribution in [1.82, 2.24) is 5.32 Å². The van der Waals surface area contributed by atoms with Gasteiger partial charge in [-0.3, -0.25) is 13.8 Å². The number of aliphatic hydroxyl groups excluding tert-OH is 7. The number of carbonyl (C=O) groups is 1. The van der Waals surface area contributed by atoms with Crippen molar-refractivity contribution in [3.05, 3.63) is 36.5 Å². The number of nitrogens with one attached hydrogen (secondary N) is 1. The molecule has 0 radical (unpaired) electrons. The summed E-state index contributed by atoms with van der Waals surface area (Å²) in [6, 6.07) is -1.26.